The summed E-state index contributed by atoms with van der Waals surface area (Å²) in [5.41, 5.74) is 1.76. The molecule has 1 atom stereocenters. The molecule has 86 valence electrons. The average Bonchev–Trinajstić information content (AvgIpc) is 2.33. The molecule has 0 aliphatic rings. The Kier molecular flexibility index (Phi) is 3.33. The van der Waals surface area contributed by atoms with Crippen molar-refractivity contribution in [3.63, 3.8) is 0 Å². The molecule has 2 aromatic carbocycles. The lowest BCUT2D eigenvalue weighted by atomic mass is 9.88. The van der Waals surface area contributed by atoms with Crippen molar-refractivity contribution < 1.29 is 9.18 Å². The standard InChI is InChI=1S/C15H13FO/c1-11(17)15(12-5-3-2-4-6-12)13-7-9-14(16)10-8-13/h2-10,15H,1H3. The smallest absolute Gasteiger partial charge is 0.141 e. The second-order valence-electron chi connectivity index (χ2n) is 4.01. The molecule has 0 fully saturated rings. The van der Waals surface area contributed by atoms with E-state index in [-0.39, 0.29) is 17.5 Å². The van der Waals surface area contributed by atoms with E-state index in [9.17, 15) is 9.18 Å². The summed E-state index contributed by atoms with van der Waals surface area (Å²) in [4.78, 5) is 11.7. The van der Waals surface area contributed by atoms with Gasteiger partial charge in [0.05, 0.1) is 5.92 Å². The van der Waals surface area contributed by atoms with Gasteiger partial charge in [-0.05, 0) is 30.2 Å². The lowest BCUT2D eigenvalue weighted by Gasteiger charge is -2.14. The Labute approximate surface area is 99.9 Å². The van der Waals surface area contributed by atoms with Gasteiger partial charge in [0.15, 0.2) is 0 Å². The Morgan fingerprint density at radius 2 is 1.47 bits per heavy atom. The first kappa shape index (κ1) is 11.5. The van der Waals surface area contributed by atoms with Crippen LogP contribution >= 0.6 is 0 Å². The summed E-state index contributed by atoms with van der Waals surface area (Å²) in [6.45, 7) is 1.56. The molecule has 0 saturated carbocycles. The molecule has 0 spiro atoms. The Bertz CT molecular complexity index is 502. The van der Waals surface area contributed by atoms with Crippen molar-refractivity contribution in [2.75, 3.05) is 0 Å². The van der Waals surface area contributed by atoms with Crippen LogP contribution in [0.25, 0.3) is 0 Å². The molecule has 1 unspecified atom stereocenters. The molecular weight excluding hydrogens is 215 g/mol. The van der Waals surface area contributed by atoms with Crippen LogP contribution < -0.4 is 0 Å². The van der Waals surface area contributed by atoms with E-state index in [0.717, 1.165) is 11.1 Å². The van der Waals surface area contributed by atoms with E-state index in [2.05, 4.69) is 0 Å². The number of carbonyl (C=O) groups is 1. The van der Waals surface area contributed by atoms with Crippen LogP contribution in [0.15, 0.2) is 54.6 Å². The van der Waals surface area contributed by atoms with Crippen LogP contribution in [0.2, 0.25) is 0 Å². The molecule has 0 aromatic heterocycles. The molecule has 2 aromatic rings. The molecule has 0 bridgehead atoms. The summed E-state index contributed by atoms with van der Waals surface area (Å²) >= 11 is 0. The molecule has 0 saturated heterocycles. The zero-order valence-electron chi connectivity index (χ0n) is 9.56. The number of halogens is 1. The molecule has 2 heteroatoms. The molecule has 0 aliphatic carbocycles. The molecule has 17 heavy (non-hydrogen) atoms. The van der Waals surface area contributed by atoms with Gasteiger partial charge >= 0.3 is 0 Å². The number of benzene rings is 2. The first-order valence-electron chi connectivity index (χ1n) is 5.49. The van der Waals surface area contributed by atoms with Crippen molar-refractivity contribution in [3.8, 4) is 0 Å². The van der Waals surface area contributed by atoms with Crippen LogP contribution in [-0.4, -0.2) is 5.78 Å². The number of ketones is 1. The third-order valence-corrected chi connectivity index (χ3v) is 2.74. The van der Waals surface area contributed by atoms with Gasteiger partial charge in [-0.1, -0.05) is 42.5 Å². The predicted molar refractivity (Wildman–Crippen MR) is 65.4 cm³/mol. The molecule has 0 amide bonds. The highest BCUT2D eigenvalue weighted by molar-refractivity contribution is 5.86. The van der Waals surface area contributed by atoms with E-state index < -0.39 is 0 Å². The van der Waals surface area contributed by atoms with Crippen LogP contribution in [0, 0.1) is 5.82 Å². The number of rotatable bonds is 3. The van der Waals surface area contributed by atoms with Crippen molar-refractivity contribution in [1.82, 2.24) is 0 Å². The van der Waals surface area contributed by atoms with Crippen LogP contribution in [0.5, 0.6) is 0 Å². The van der Waals surface area contributed by atoms with E-state index >= 15 is 0 Å². The van der Waals surface area contributed by atoms with Gasteiger partial charge in [0.2, 0.25) is 0 Å². The van der Waals surface area contributed by atoms with E-state index in [0.29, 0.717) is 0 Å². The monoisotopic (exact) mass is 228 g/mol. The molecule has 1 nitrogen and oxygen atoms in total. The minimum absolute atomic E-state index is 0.0582. The maximum absolute atomic E-state index is 12.9. The third kappa shape index (κ3) is 2.59. The van der Waals surface area contributed by atoms with Crippen molar-refractivity contribution >= 4 is 5.78 Å². The van der Waals surface area contributed by atoms with Crippen LogP contribution in [-0.2, 0) is 4.79 Å². The number of hydrogen-bond acceptors (Lipinski definition) is 1. The summed E-state index contributed by atoms with van der Waals surface area (Å²) < 4.78 is 12.9. The van der Waals surface area contributed by atoms with E-state index in [1.54, 1.807) is 19.1 Å². The van der Waals surface area contributed by atoms with Gasteiger partial charge in [0.25, 0.3) is 0 Å². The van der Waals surface area contributed by atoms with Gasteiger partial charge in [0.1, 0.15) is 11.6 Å². The Morgan fingerprint density at radius 1 is 0.941 bits per heavy atom. The van der Waals surface area contributed by atoms with Crippen LogP contribution in [0.1, 0.15) is 24.0 Å². The minimum atomic E-state index is -0.309. The highest BCUT2D eigenvalue weighted by Gasteiger charge is 2.18. The fourth-order valence-corrected chi connectivity index (χ4v) is 1.96. The second kappa shape index (κ2) is 4.91. The maximum atomic E-state index is 12.9. The molecular formula is C15H13FO. The van der Waals surface area contributed by atoms with Crippen molar-refractivity contribution in [2.45, 2.75) is 12.8 Å². The maximum Gasteiger partial charge on any atom is 0.141 e. The second-order valence-corrected chi connectivity index (χ2v) is 4.01. The molecule has 0 N–H and O–H groups in total. The van der Waals surface area contributed by atoms with Gasteiger partial charge < -0.3 is 0 Å². The van der Waals surface area contributed by atoms with Crippen molar-refractivity contribution in [3.05, 3.63) is 71.5 Å². The Balaban J connectivity index is 2.43. The van der Waals surface area contributed by atoms with E-state index in [4.69, 9.17) is 0 Å². The summed E-state index contributed by atoms with van der Waals surface area (Å²) in [5.74, 6) is -0.538. The molecule has 0 aliphatic heterocycles. The van der Waals surface area contributed by atoms with Crippen molar-refractivity contribution in [2.24, 2.45) is 0 Å². The molecule has 2 rings (SSSR count). The highest BCUT2D eigenvalue weighted by atomic mass is 19.1. The third-order valence-electron chi connectivity index (χ3n) is 2.74. The normalized spacial score (nSPS) is 12.1. The molecule has 0 heterocycles. The van der Waals surface area contributed by atoms with Crippen LogP contribution in [0.4, 0.5) is 4.39 Å². The van der Waals surface area contributed by atoms with Gasteiger partial charge in [-0.25, -0.2) is 4.39 Å². The SMILES string of the molecule is CC(=O)C(c1ccccc1)c1ccc(F)cc1. The van der Waals surface area contributed by atoms with E-state index in [1.807, 2.05) is 30.3 Å². The summed E-state index contributed by atoms with van der Waals surface area (Å²) in [6, 6.07) is 15.6. The van der Waals surface area contributed by atoms with Crippen LogP contribution in [0.3, 0.4) is 0 Å². The zero-order valence-corrected chi connectivity index (χ0v) is 9.56. The highest BCUT2D eigenvalue weighted by Crippen LogP contribution is 2.25. The predicted octanol–water partition coefficient (Wildman–Crippen LogP) is 3.55. The number of Topliss-reactive ketones (excluding diaryl/α,β-unsaturated/α-hetero) is 1. The lowest BCUT2D eigenvalue weighted by molar-refractivity contribution is -0.117. The number of carbonyl (C=O) groups excluding carboxylic acids is 1. The quantitative estimate of drug-likeness (QED) is 0.785. The zero-order chi connectivity index (χ0) is 12.3. The largest absolute Gasteiger partial charge is 0.299 e. The Morgan fingerprint density at radius 3 is 2.00 bits per heavy atom. The minimum Gasteiger partial charge on any atom is -0.299 e. The topological polar surface area (TPSA) is 17.1 Å². The lowest BCUT2D eigenvalue weighted by Crippen LogP contribution is -2.10. The first-order valence-corrected chi connectivity index (χ1v) is 5.49. The van der Waals surface area contributed by atoms with Gasteiger partial charge in [-0.15, -0.1) is 0 Å². The fraction of sp³-hybridized carbons (Fsp3) is 0.133. The Hall–Kier alpha value is -1.96. The summed E-state index contributed by atoms with van der Waals surface area (Å²) in [7, 11) is 0. The van der Waals surface area contributed by atoms with Gasteiger partial charge in [-0.3, -0.25) is 4.79 Å². The first-order chi connectivity index (χ1) is 8.18. The molecule has 0 radical (unpaired) electrons. The van der Waals surface area contributed by atoms with Gasteiger partial charge in [0, 0.05) is 0 Å². The van der Waals surface area contributed by atoms with E-state index in [1.165, 1.54) is 12.1 Å². The fourth-order valence-electron chi connectivity index (χ4n) is 1.96. The number of hydrogen-bond donors (Lipinski definition) is 0. The summed E-state index contributed by atoms with van der Waals surface area (Å²) in [5, 5.41) is 0. The van der Waals surface area contributed by atoms with Gasteiger partial charge in [-0.2, -0.15) is 0 Å². The summed E-state index contributed by atoms with van der Waals surface area (Å²) in [6.07, 6.45) is 0. The van der Waals surface area contributed by atoms with Crippen molar-refractivity contribution in [1.29, 1.82) is 0 Å². The average molecular weight is 228 g/mol.